The predicted molar refractivity (Wildman–Crippen MR) is 62.5 cm³/mol. The van der Waals surface area contributed by atoms with E-state index in [1.165, 1.54) is 12.8 Å². The van der Waals surface area contributed by atoms with Crippen LogP contribution in [0.1, 0.15) is 51.9 Å². The number of hydrogen-bond acceptors (Lipinski definition) is 2. The summed E-state index contributed by atoms with van der Waals surface area (Å²) < 4.78 is 0. The summed E-state index contributed by atoms with van der Waals surface area (Å²) in [5.41, 5.74) is 5.81. The Morgan fingerprint density at radius 1 is 1.27 bits per heavy atom. The number of carbonyl (C=O) groups excluding carboxylic acids is 1. The fraction of sp³-hybridized carbons (Fsp3) is 0.917. The first-order chi connectivity index (χ1) is 7.24. The molecular formula is C12H24N2O. The van der Waals surface area contributed by atoms with E-state index in [1.54, 1.807) is 0 Å². The van der Waals surface area contributed by atoms with Crippen molar-refractivity contribution in [3.05, 3.63) is 0 Å². The van der Waals surface area contributed by atoms with Gasteiger partial charge in [0.05, 0.1) is 0 Å². The zero-order chi connectivity index (χ0) is 11.1. The second-order valence-electron chi connectivity index (χ2n) is 4.61. The molecular weight excluding hydrogens is 188 g/mol. The van der Waals surface area contributed by atoms with Gasteiger partial charge in [-0.05, 0) is 32.1 Å². The number of amides is 1. The van der Waals surface area contributed by atoms with Crippen LogP contribution >= 0.6 is 0 Å². The van der Waals surface area contributed by atoms with Crippen LogP contribution in [-0.2, 0) is 4.79 Å². The molecule has 1 rings (SSSR count). The summed E-state index contributed by atoms with van der Waals surface area (Å²) in [5, 5.41) is 3.02. The lowest BCUT2D eigenvalue weighted by Crippen LogP contribution is -2.36. The Labute approximate surface area is 92.8 Å². The molecule has 0 aromatic heterocycles. The summed E-state index contributed by atoms with van der Waals surface area (Å²) >= 11 is 0. The van der Waals surface area contributed by atoms with E-state index in [0.29, 0.717) is 6.04 Å². The molecule has 15 heavy (non-hydrogen) atoms. The van der Waals surface area contributed by atoms with Crippen molar-refractivity contribution in [3.63, 3.8) is 0 Å². The van der Waals surface area contributed by atoms with Gasteiger partial charge in [-0.1, -0.05) is 19.8 Å². The largest absolute Gasteiger partial charge is 0.356 e. The number of nitrogens with one attached hydrogen (secondary N) is 1. The minimum Gasteiger partial charge on any atom is -0.356 e. The molecule has 1 amide bonds. The molecule has 0 spiro atoms. The topological polar surface area (TPSA) is 55.1 Å². The zero-order valence-corrected chi connectivity index (χ0v) is 9.80. The van der Waals surface area contributed by atoms with Gasteiger partial charge < -0.3 is 11.1 Å². The van der Waals surface area contributed by atoms with Crippen LogP contribution in [0.5, 0.6) is 0 Å². The molecule has 0 saturated heterocycles. The first kappa shape index (κ1) is 12.5. The highest BCUT2D eigenvalue weighted by Crippen LogP contribution is 2.23. The van der Waals surface area contributed by atoms with Crippen LogP contribution in [0.15, 0.2) is 0 Å². The Bertz CT molecular complexity index is 186. The van der Waals surface area contributed by atoms with Crippen LogP contribution in [0.2, 0.25) is 0 Å². The van der Waals surface area contributed by atoms with Crippen LogP contribution in [-0.4, -0.2) is 18.5 Å². The highest BCUT2D eigenvalue weighted by Gasteiger charge is 2.23. The Morgan fingerprint density at radius 2 is 1.93 bits per heavy atom. The predicted octanol–water partition coefficient (Wildman–Crippen LogP) is 1.81. The van der Waals surface area contributed by atoms with Gasteiger partial charge in [0.1, 0.15) is 0 Å². The molecule has 0 bridgehead atoms. The third-order valence-corrected chi connectivity index (χ3v) is 3.22. The molecule has 3 N–H and O–H groups in total. The standard InChI is InChI=1S/C12H24N2O/c1-2-3-4-9-14-12(15)10-5-7-11(13)8-6-10/h10-11H,2-9,13H2,1H3,(H,14,15). The van der Waals surface area contributed by atoms with Gasteiger partial charge in [-0.15, -0.1) is 0 Å². The fourth-order valence-corrected chi connectivity index (χ4v) is 2.11. The van der Waals surface area contributed by atoms with Gasteiger partial charge in [-0.25, -0.2) is 0 Å². The van der Waals surface area contributed by atoms with E-state index in [0.717, 1.165) is 38.6 Å². The summed E-state index contributed by atoms with van der Waals surface area (Å²) in [4.78, 5) is 11.7. The molecule has 3 heteroatoms. The lowest BCUT2D eigenvalue weighted by molar-refractivity contribution is -0.126. The van der Waals surface area contributed by atoms with Crippen LogP contribution in [0.3, 0.4) is 0 Å². The maximum Gasteiger partial charge on any atom is 0.223 e. The summed E-state index contributed by atoms with van der Waals surface area (Å²) in [6.45, 7) is 3.01. The molecule has 1 aliphatic rings. The Balaban J connectivity index is 2.11. The number of hydrogen-bond donors (Lipinski definition) is 2. The van der Waals surface area contributed by atoms with Crippen molar-refractivity contribution in [2.75, 3.05) is 6.54 Å². The van der Waals surface area contributed by atoms with Crippen molar-refractivity contribution in [1.29, 1.82) is 0 Å². The molecule has 0 aliphatic heterocycles. The van der Waals surface area contributed by atoms with Crippen molar-refractivity contribution in [2.24, 2.45) is 11.7 Å². The lowest BCUT2D eigenvalue weighted by Gasteiger charge is -2.25. The van der Waals surface area contributed by atoms with Gasteiger partial charge in [-0.2, -0.15) is 0 Å². The third-order valence-electron chi connectivity index (χ3n) is 3.22. The first-order valence-corrected chi connectivity index (χ1v) is 6.27. The minimum atomic E-state index is 0.228. The third kappa shape index (κ3) is 4.65. The quantitative estimate of drug-likeness (QED) is 0.683. The summed E-state index contributed by atoms with van der Waals surface area (Å²) in [7, 11) is 0. The smallest absolute Gasteiger partial charge is 0.223 e. The second kappa shape index (κ2) is 6.83. The van der Waals surface area contributed by atoms with Crippen molar-refractivity contribution < 1.29 is 4.79 Å². The molecule has 0 aromatic carbocycles. The maximum absolute atomic E-state index is 11.7. The van der Waals surface area contributed by atoms with Crippen molar-refractivity contribution >= 4 is 5.91 Å². The molecule has 0 heterocycles. The molecule has 1 saturated carbocycles. The van der Waals surface area contributed by atoms with Crippen LogP contribution in [0.25, 0.3) is 0 Å². The van der Waals surface area contributed by atoms with Crippen molar-refractivity contribution in [1.82, 2.24) is 5.32 Å². The SMILES string of the molecule is CCCCCNC(=O)C1CCC(N)CC1. The lowest BCUT2D eigenvalue weighted by atomic mass is 9.86. The van der Waals surface area contributed by atoms with Gasteiger partial charge in [0.2, 0.25) is 5.91 Å². The average molecular weight is 212 g/mol. The van der Waals surface area contributed by atoms with Crippen molar-refractivity contribution in [3.8, 4) is 0 Å². The minimum absolute atomic E-state index is 0.228. The molecule has 0 aromatic rings. The number of nitrogens with two attached hydrogens (primary N) is 1. The zero-order valence-electron chi connectivity index (χ0n) is 9.80. The number of rotatable bonds is 5. The summed E-state index contributed by atoms with van der Waals surface area (Å²) in [6, 6.07) is 0.328. The average Bonchev–Trinajstić information content (AvgIpc) is 2.25. The van der Waals surface area contributed by atoms with E-state index in [2.05, 4.69) is 12.2 Å². The summed E-state index contributed by atoms with van der Waals surface area (Å²) in [6.07, 6.45) is 7.47. The van der Waals surface area contributed by atoms with E-state index < -0.39 is 0 Å². The maximum atomic E-state index is 11.7. The molecule has 3 nitrogen and oxygen atoms in total. The monoisotopic (exact) mass is 212 g/mol. The van der Waals surface area contributed by atoms with Crippen LogP contribution in [0.4, 0.5) is 0 Å². The normalized spacial score (nSPS) is 26.3. The highest BCUT2D eigenvalue weighted by molar-refractivity contribution is 5.78. The van der Waals surface area contributed by atoms with E-state index in [-0.39, 0.29) is 11.8 Å². The highest BCUT2D eigenvalue weighted by atomic mass is 16.1. The molecule has 1 aliphatic carbocycles. The second-order valence-corrected chi connectivity index (χ2v) is 4.61. The Kier molecular flexibility index (Phi) is 5.69. The van der Waals surface area contributed by atoms with Gasteiger partial charge in [0, 0.05) is 18.5 Å². The fourth-order valence-electron chi connectivity index (χ4n) is 2.11. The Morgan fingerprint density at radius 3 is 2.53 bits per heavy atom. The first-order valence-electron chi connectivity index (χ1n) is 6.27. The van der Waals surface area contributed by atoms with Gasteiger partial charge in [-0.3, -0.25) is 4.79 Å². The Hall–Kier alpha value is -0.570. The van der Waals surface area contributed by atoms with E-state index in [9.17, 15) is 4.79 Å². The molecule has 1 fully saturated rings. The molecule has 0 atom stereocenters. The van der Waals surface area contributed by atoms with Crippen LogP contribution in [0, 0.1) is 5.92 Å². The van der Waals surface area contributed by atoms with Crippen molar-refractivity contribution in [2.45, 2.75) is 57.9 Å². The van der Waals surface area contributed by atoms with E-state index in [1.807, 2.05) is 0 Å². The van der Waals surface area contributed by atoms with Crippen LogP contribution < -0.4 is 11.1 Å². The van der Waals surface area contributed by atoms with Gasteiger partial charge >= 0.3 is 0 Å². The molecule has 0 unspecified atom stereocenters. The van der Waals surface area contributed by atoms with Gasteiger partial charge in [0.15, 0.2) is 0 Å². The van der Waals surface area contributed by atoms with E-state index in [4.69, 9.17) is 5.73 Å². The molecule has 0 radical (unpaired) electrons. The molecule has 88 valence electrons. The number of carbonyl (C=O) groups is 1. The van der Waals surface area contributed by atoms with Gasteiger partial charge in [0.25, 0.3) is 0 Å². The number of unbranched alkanes of at least 4 members (excludes halogenated alkanes) is 2. The van der Waals surface area contributed by atoms with E-state index >= 15 is 0 Å². The summed E-state index contributed by atoms with van der Waals surface area (Å²) in [5.74, 6) is 0.476.